The summed E-state index contributed by atoms with van der Waals surface area (Å²) in [5, 5.41) is 19.0. The smallest absolute Gasteiger partial charge is 0.378 e. The number of pyridine rings is 1. The topological polar surface area (TPSA) is 79.7 Å². The average Bonchev–Trinajstić information content (AvgIpc) is 2.76. The van der Waals surface area contributed by atoms with Gasteiger partial charge in [0.25, 0.3) is 0 Å². The van der Waals surface area contributed by atoms with Crippen LogP contribution in [0.2, 0.25) is 0 Å². The van der Waals surface area contributed by atoms with Crippen molar-refractivity contribution in [3.05, 3.63) is 65.4 Å². The molecule has 0 fully saturated rings. The second-order valence-corrected chi connectivity index (χ2v) is 4.78. The fourth-order valence-corrected chi connectivity index (χ4v) is 2.30. The number of benzene rings is 1. The minimum Gasteiger partial charge on any atom is -0.505 e. The normalized spacial score (nSPS) is 18.0. The lowest BCUT2D eigenvalue weighted by Crippen LogP contribution is -2.03. The highest BCUT2D eigenvalue weighted by Crippen LogP contribution is 2.33. The van der Waals surface area contributed by atoms with Gasteiger partial charge in [-0.3, -0.25) is 4.98 Å². The van der Waals surface area contributed by atoms with Crippen molar-refractivity contribution in [2.75, 3.05) is 0 Å². The first-order chi connectivity index (χ1) is 10.1. The van der Waals surface area contributed by atoms with Crippen LogP contribution in [0.4, 0.5) is 0 Å². The Morgan fingerprint density at radius 3 is 2.43 bits per heavy atom. The number of hydrogen-bond acceptors (Lipinski definition) is 5. The molecule has 0 bridgehead atoms. The van der Waals surface area contributed by atoms with E-state index in [1.165, 1.54) is 0 Å². The van der Waals surface area contributed by atoms with Gasteiger partial charge in [0.05, 0.1) is 0 Å². The van der Waals surface area contributed by atoms with Crippen LogP contribution in [0.5, 0.6) is 0 Å². The van der Waals surface area contributed by atoms with Crippen molar-refractivity contribution in [1.82, 2.24) is 4.98 Å². The Hall–Kier alpha value is -2.82. The Bertz CT molecular complexity index is 734. The standard InChI is InChI=1S/C16H13NO4/c1-9-12(3-2-8-17-9)10-4-6-11(7-5-10)15-13(18)14(19)16(20)21-15/h2-8,15,18-19H,1H3. The summed E-state index contributed by atoms with van der Waals surface area (Å²) in [5.41, 5.74) is 3.49. The molecule has 0 aliphatic carbocycles. The zero-order valence-corrected chi connectivity index (χ0v) is 11.3. The van der Waals surface area contributed by atoms with Crippen LogP contribution >= 0.6 is 0 Å². The van der Waals surface area contributed by atoms with E-state index < -0.39 is 23.6 Å². The maximum atomic E-state index is 11.2. The highest BCUT2D eigenvalue weighted by molar-refractivity contribution is 5.89. The second kappa shape index (κ2) is 4.94. The van der Waals surface area contributed by atoms with Crippen molar-refractivity contribution < 1.29 is 19.7 Å². The molecule has 2 heterocycles. The number of nitrogens with zero attached hydrogens (tertiary/aromatic N) is 1. The van der Waals surface area contributed by atoms with Gasteiger partial charge in [-0.15, -0.1) is 0 Å². The number of hydrogen-bond donors (Lipinski definition) is 2. The second-order valence-electron chi connectivity index (χ2n) is 4.78. The molecule has 1 unspecified atom stereocenters. The molecule has 2 aromatic rings. The summed E-state index contributed by atoms with van der Waals surface area (Å²) in [7, 11) is 0. The van der Waals surface area contributed by atoms with E-state index in [0.29, 0.717) is 5.56 Å². The predicted octanol–water partition coefficient (Wildman–Crippen LogP) is 2.98. The molecule has 21 heavy (non-hydrogen) atoms. The summed E-state index contributed by atoms with van der Waals surface area (Å²) in [5.74, 6) is -2.10. The SMILES string of the molecule is Cc1ncccc1-c1ccc(C2OC(=O)C(O)=C2O)cc1. The molecule has 1 aromatic carbocycles. The van der Waals surface area contributed by atoms with E-state index in [-0.39, 0.29) is 0 Å². The van der Waals surface area contributed by atoms with E-state index in [1.54, 1.807) is 18.3 Å². The molecule has 1 atom stereocenters. The first kappa shape index (κ1) is 13.2. The largest absolute Gasteiger partial charge is 0.505 e. The van der Waals surface area contributed by atoms with Crippen LogP contribution in [0.15, 0.2) is 54.1 Å². The van der Waals surface area contributed by atoms with Crippen molar-refractivity contribution in [2.45, 2.75) is 13.0 Å². The van der Waals surface area contributed by atoms with Crippen LogP contribution in [0.1, 0.15) is 17.4 Å². The van der Waals surface area contributed by atoms with Crippen molar-refractivity contribution in [3.8, 4) is 11.1 Å². The number of cyclic esters (lactones) is 1. The van der Waals surface area contributed by atoms with E-state index in [0.717, 1.165) is 16.8 Å². The summed E-state index contributed by atoms with van der Waals surface area (Å²) in [6.07, 6.45) is 0.790. The van der Waals surface area contributed by atoms with Gasteiger partial charge in [-0.1, -0.05) is 30.3 Å². The molecule has 3 rings (SSSR count). The van der Waals surface area contributed by atoms with Crippen molar-refractivity contribution >= 4 is 5.97 Å². The van der Waals surface area contributed by atoms with Gasteiger partial charge >= 0.3 is 5.97 Å². The van der Waals surface area contributed by atoms with E-state index in [2.05, 4.69) is 4.98 Å². The third-order valence-electron chi connectivity index (χ3n) is 3.44. The molecular formula is C16H13NO4. The monoisotopic (exact) mass is 283 g/mol. The van der Waals surface area contributed by atoms with Gasteiger partial charge in [0, 0.05) is 23.0 Å². The maximum Gasteiger partial charge on any atom is 0.378 e. The van der Waals surface area contributed by atoms with Crippen LogP contribution in [-0.4, -0.2) is 21.2 Å². The number of aromatic nitrogens is 1. The third kappa shape index (κ3) is 2.23. The number of carbonyl (C=O) groups is 1. The van der Waals surface area contributed by atoms with Gasteiger partial charge in [0.15, 0.2) is 11.9 Å². The molecule has 0 saturated heterocycles. The Morgan fingerprint density at radius 1 is 1.14 bits per heavy atom. The fraction of sp³-hybridized carbons (Fsp3) is 0.125. The van der Waals surface area contributed by atoms with Crippen molar-refractivity contribution in [2.24, 2.45) is 0 Å². The zero-order valence-electron chi connectivity index (χ0n) is 11.3. The van der Waals surface area contributed by atoms with E-state index in [4.69, 9.17) is 4.74 Å². The van der Waals surface area contributed by atoms with Crippen LogP contribution in [-0.2, 0) is 9.53 Å². The summed E-state index contributed by atoms with van der Waals surface area (Å²) in [4.78, 5) is 15.4. The van der Waals surface area contributed by atoms with Crippen LogP contribution < -0.4 is 0 Å². The number of aryl methyl sites for hydroxylation is 1. The molecule has 5 nitrogen and oxygen atoms in total. The predicted molar refractivity (Wildman–Crippen MR) is 75.5 cm³/mol. The molecule has 1 aliphatic rings. The highest BCUT2D eigenvalue weighted by atomic mass is 16.6. The Balaban J connectivity index is 1.93. The summed E-state index contributed by atoms with van der Waals surface area (Å²) in [6, 6.07) is 11.0. The van der Waals surface area contributed by atoms with Gasteiger partial charge < -0.3 is 14.9 Å². The van der Waals surface area contributed by atoms with Gasteiger partial charge in [0.1, 0.15) is 0 Å². The molecule has 0 spiro atoms. The number of aliphatic hydroxyl groups excluding tert-OH is 2. The summed E-state index contributed by atoms with van der Waals surface area (Å²) in [6.45, 7) is 1.93. The van der Waals surface area contributed by atoms with Gasteiger partial charge in [0.2, 0.25) is 5.76 Å². The highest BCUT2D eigenvalue weighted by Gasteiger charge is 2.35. The molecule has 0 saturated carbocycles. The van der Waals surface area contributed by atoms with E-state index in [1.807, 2.05) is 31.2 Å². The van der Waals surface area contributed by atoms with E-state index in [9.17, 15) is 15.0 Å². The maximum absolute atomic E-state index is 11.2. The lowest BCUT2D eigenvalue weighted by molar-refractivity contribution is -0.142. The van der Waals surface area contributed by atoms with Crippen LogP contribution in [0, 0.1) is 6.92 Å². The summed E-state index contributed by atoms with van der Waals surface area (Å²) < 4.78 is 4.92. The van der Waals surface area contributed by atoms with Gasteiger partial charge in [-0.25, -0.2) is 4.79 Å². The number of esters is 1. The van der Waals surface area contributed by atoms with Crippen LogP contribution in [0.25, 0.3) is 11.1 Å². The number of rotatable bonds is 2. The molecule has 106 valence electrons. The molecule has 1 aromatic heterocycles. The molecule has 5 heteroatoms. The minimum atomic E-state index is -0.943. The fourth-order valence-electron chi connectivity index (χ4n) is 2.30. The Labute approximate surface area is 121 Å². The lowest BCUT2D eigenvalue weighted by atomic mass is 10.0. The molecule has 0 amide bonds. The Kier molecular flexibility index (Phi) is 3.10. The molecular weight excluding hydrogens is 270 g/mol. The van der Waals surface area contributed by atoms with E-state index >= 15 is 0 Å². The lowest BCUT2D eigenvalue weighted by Gasteiger charge is -2.11. The quantitative estimate of drug-likeness (QED) is 0.828. The first-order valence-corrected chi connectivity index (χ1v) is 6.43. The number of ether oxygens (including phenoxy) is 1. The third-order valence-corrected chi connectivity index (χ3v) is 3.44. The van der Waals surface area contributed by atoms with Crippen LogP contribution in [0.3, 0.4) is 0 Å². The molecule has 0 radical (unpaired) electrons. The van der Waals surface area contributed by atoms with Gasteiger partial charge in [-0.05, 0) is 18.6 Å². The number of aliphatic hydroxyl groups is 2. The molecule has 2 N–H and O–H groups in total. The summed E-state index contributed by atoms with van der Waals surface area (Å²) >= 11 is 0. The molecule has 1 aliphatic heterocycles. The Morgan fingerprint density at radius 2 is 1.86 bits per heavy atom. The average molecular weight is 283 g/mol. The first-order valence-electron chi connectivity index (χ1n) is 6.43. The number of carbonyl (C=O) groups excluding carboxylic acids is 1. The van der Waals surface area contributed by atoms with Crippen molar-refractivity contribution in [3.63, 3.8) is 0 Å². The minimum absolute atomic E-state index is 0.453. The van der Waals surface area contributed by atoms with Crippen molar-refractivity contribution in [1.29, 1.82) is 0 Å². The zero-order chi connectivity index (χ0) is 15.0. The van der Waals surface area contributed by atoms with Gasteiger partial charge in [-0.2, -0.15) is 0 Å².